The van der Waals surface area contributed by atoms with E-state index in [1.807, 2.05) is 20.8 Å². The number of halogens is 1. The number of rotatable bonds is 6. The van der Waals surface area contributed by atoms with Crippen molar-refractivity contribution in [2.75, 3.05) is 11.9 Å². The predicted octanol–water partition coefficient (Wildman–Crippen LogP) is 4.68. The van der Waals surface area contributed by atoms with Gasteiger partial charge in [0.05, 0.1) is 6.54 Å². The van der Waals surface area contributed by atoms with Crippen molar-refractivity contribution in [2.45, 2.75) is 40.7 Å². The molecule has 134 valence electrons. The van der Waals surface area contributed by atoms with E-state index in [0.29, 0.717) is 0 Å². The number of carbonyl (C=O) groups excluding carboxylic acids is 1. The smallest absolute Gasteiger partial charge is 0.238 e. The summed E-state index contributed by atoms with van der Waals surface area (Å²) in [5.41, 5.74) is 5.16. The van der Waals surface area contributed by atoms with Gasteiger partial charge in [0.25, 0.3) is 0 Å². The Labute approximate surface area is 149 Å². The van der Waals surface area contributed by atoms with Gasteiger partial charge in [0.1, 0.15) is 5.82 Å². The molecule has 0 unspecified atom stereocenters. The Morgan fingerprint density at radius 3 is 2.12 bits per heavy atom. The molecule has 1 atom stereocenters. The minimum absolute atomic E-state index is 0.00781. The first-order valence-electron chi connectivity index (χ1n) is 8.64. The number of nitrogens with one attached hydrogen (secondary N) is 2. The monoisotopic (exact) mass is 342 g/mol. The average Bonchev–Trinajstić information content (AvgIpc) is 2.52. The number of anilines is 1. The fraction of sp³-hybridized carbons (Fsp3) is 0.381. The van der Waals surface area contributed by atoms with Crippen LogP contribution in [0.4, 0.5) is 10.1 Å². The number of carbonyl (C=O) groups is 1. The van der Waals surface area contributed by atoms with Gasteiger partial charge in [0.15, 0.2) is 0 Å². The molecule has 0 aliphatic heterocycles. The van der Waals surface area contributed by atoms with E-state index in [1.165, 1.54) is 17.7 Å². The van der Waals surface area contributed by atoms with Crippen LogP contribution in [0.3, 0.4) is 0 Å². The van der Waals surface area contributed by atoms with E-state index in [2.05, 4.69) is 36.6 Å². The largest absolute Gasteiger partial charge is 0.324 e. The van der Waals surface area contributed by atoms with Crippen molar-refractivity contribution in [1.82, 2.24) is 5.32 Å². The summed E-state index contributed by atoms with van der Waals surface area (Å²) >= 11 is 0. The molecule has 0 spiro atoms. The molecule has 3 nitrogen and oxygen atoms in total. The van der Waals surface area contributed by atoms with Gasteiger partial charge in [-0.3, -0.25) is 4.79 Å². The summed E-state index contributed by atoms with van der Waals surface area (Å²) < 4.78 is 13.1. The molecule has 4 heteroatoms. The molecule has 25 heavy (non-hydrogen) atoms. The van der Waals surface area contributed by atoms with Crippen LogP contribution in [0.5, 0.6) is 0 Å². The van der Waals surface area contributed by atoms with Crippen LogP contribution in [0, 0.1) is 32.5 Å². The standard InChI is InChI=1S/C21H27FN2O/c1-13(2)20(17-6-8-18(22)9-7-17)23-12-19(25)24-21-15(4)10-14(3)11-16(21)5/h6-11,13,20,23H,12H2,1-5H3,(H,24,25)/t20-/m1/s1. The third-order valence-electron chi connectivity index (χ3n) is 4.32. The second kappa shape index (κ2) is 8.26. The topological polar surface area (TPSA) is 41.1 Å². The van der Waals surface area contributed by atoms with E-state index >= 15 is 0 Å². The number of hydrogen-bond donors (Lipinski definition) is 2. The zero-order valence-electron chi connectivity index (χ0n) is 15.6. The summed E-state index contributed by atoms with van der Waals surface area (Å²) in [5.74, 6) is -0.0572. The van der Waals surface area contributed by atoms with Crippen molar-refractivity contribution in [1.29, 1.82) is 0 Å². The van der Waals surface area contributed by atoms with Crippen LogP contribution in [-0.2, 0) is 4.79 Å². The molecule has 2 aromatic rings. The third-order valence-corrected chi connectivity index (χ3v) is 4.32. The van der Waals surface area contributed by atoms with Gasteiger partial charge in [-0.15, -0.1) is 0 Å². The van der Waals surface area contributed by atoms with Crippen molar-refractivity contribution in [3.63, 3.8) is 0 Å². The zero-order valence-corrected chi connectivity index (χ0v) is 15.6. The molecule has 0 radical (unpaired) electrons. The van der Waals surface area contributed by atoms with E-state index in [-0.39, 0.29) is 30.2 Å². The molecule has 0 aromatic heterocycles. The van der Waals surface area contributed by atoms with Gasteiger partial charge in [0.2, 0.25) is 5.91 Å². The van der Waals surface area contributed by atoms with Crippen molar-refractivity contribution < 1.29 is 9.18 Å². The fourth-order valence-electron chi connectivity index (χ4n) is 3.17. The minimum atomic E-state index is -0.255. The highest BCUT2D eigenvalue weighted by molar-refractivity contribution is 5.93. The maximum Gasteiger partial charge on any atom is 0.238 e. The van der Waals surface area contributed by atoms with Gasteiger partial charge >= 0.3 is 0 Å². The van der Waals surface area contributed by atoms with Gasteiger partial charge < -0.3 is 10.6 Å². The van der Waals surface area contributed by atoms with E-state index in [0.717, 1.165) is 22.4 Å². The molecule has 0 saturated carbocycles. The Hall–Kier alpha value is -2.20. The van der Waals surface area contributed by atoms with Crippen LogP contribution >= 0.6 is 0 Å². The molecule has 1 amide bonds. The van der Waals surface area contributed by atoms with Crippen molar-refractivity contribution in [3.05, 3.63) is 64.5 Å². The first-order valence-corrected chi connectivity index (χ1v) is 8.64. The maximum atomic E-state index is 13.1. The second-order valence-electron chi connectivity index (χ2n) is 6.98. The quantitative estimate of drug-likeness (QED) is 0.800. The molecular formula is C21H27FN2O. The third kappa shape index (κ3) is 5.13. The molecule has 0 fully saturated rings. The summed E-state index contributed by atoms with van der Waals surface area (Å²) in [7, 11) is 0. The molecule has 0 bridgehead atoms. The average molecular weight is 342 g/mol. The number of hydrogen-bond acceptors (Lipinski definition) is 2. The van der Waals surface area contributed by atoms with E-state index in [9.17, 15) is 9.18 Å². The van der Waals surface area contributed by atoms with Gasteiger partial charge in [0, 0.05) is 11.7 Å². The van der Waals surface area contributed by atoms with Gasteiger partial charge in [-0.25, -0.2) is 4.39 Å². The summed E-state index contributed by atoms with van der Waals surface area (Å²) in [5, 5.41) is 6.29. The predicted molar refractivity (Wildman–Crippen MR) is 101 cm³/mol. The molecule has 0 aliphatic carbocycles. The Morgan fingerprint density at radius 2 is 1.60 bits per heavy atom. The summed E-state index contributed by atoms with van der Waals surface area (Å²) in [6, 6.07) is 10.5. The minimum Gasteiger partial charge on any atom is -0.324 e. The number of benzene rings is 2. The Balaban J connectivity index is 2.03. The molecule has 2 rings (SSSR count). The summed E-state index contributed by atoms with van der Waals surface area (Å²) in [6.45, 7) is 10.4. The van der Waals surface area contributed by atoms with Crippen LogP contribution in [0.2, 0.25) is 0 Å². The Morgan fingerprint density at radius 1 is 1.04 bits per heavy atom. The van der Waals surface area contributed by atoms with E-state index < -0.39 is 0 Å². The zero-order chi connectivity index (χ0) is 18.6. The fourth-order valence-corrected chi connectivity index (χ4v) is 3.17. The van der Waals surface area contributed by atoms with E-state index in [1.54, 1.807) is 12.1 Å². The van der Waals surface area contributed by atoms with Gasteiger partial charge in [-0.05, 0) is 55.5 Å². The maximum absolute atomic E-state index is 13.1. The molecule has 2 N–H and O–H groups in total. The van der Waals surface area contributed by atoms with Gasteiger partial charge in [-0.1, -0.05) is 43.7 Å². The van der Waals surface area contributed by atoms with Crippen LogP contribution in [-0.4, -0.2) is 12.5 Å². The first-order chi connectivity index (χ1) is 11.8. The second-order valence-corrected chi connectivity index (χ2v) is 6.98. The van der Waals surface area contributed by atoms with Gasteiger partial charge in [-0.2, -0.15) is 0 Å². The highest BCUT2D eigenvalue weighted by atomic mass is 19.1. The highest BCUT2D eigenvalue weighted by Gasteiger charge is 2.17. The Bertz CT molecular complexity index is 715. The molecule has 0 saturated heterocycles. The Kier molecular flexibility index (Phi) is 6.32. The summed E-state index contributed by atoms with van der Waals surface area (Å²) in [4.78, 5) is 12.4. The van der Waals surface area contributed by atoms with Crippen molar-refractivity contribution in [3.8, 4) is 0 Å². The first kappa shape index (κ1) is 19.1. The van der Waals surface area contributed by atoms with Crippen LogP contribution < -0.4 is 10.6 Å². The van der Waals surface area contributed by atoms with Crippen molar-refractivity contribution in [2.24, 2.45) is 5.92 Å². The number of aryl methyl sites for hydroxylation is 3. The summed E-state index contributed by atoms with van der Waals surface area (Å²) in [6.07, 6.45) is 0. The van der Waals surface area contributed by atoms with Crippen LogP contribution in [0.15, 0.2) is 36.4 Å². The molecule has 0 aliphatic rings. The van der Waals surface area contributed by atoms with Crippen molar-refractivity contribution >= 4 is 11.6 Å². The number of amides is 1. The van der Waals surface area contributed by atoms with Crippen LogP contribution in [0.1, 0.15) is 42.1 Å². The molecule has 2 aromatic carbocycles. The molecule has 0 heterocycles. The SMILES string of the molecule is Cc1cc(C)c(NC(=O)CN[C@@H](c2ccc(F)cc2)C(C)C)c(C)c1. The van der Waals surface area contributed by atoms with E-state index in [4.69, 9.17) is 0 Å². The lowest BCUT2D eigenvalue weighted by Crippen LogP contribution is -2.34. The highest BCUT2D eigenvalue weighted by Crippen LogP contribution is 2.23. The van der Waals surface area contributed by atoms with Crippen LogP contribution in [0.25, 0.3) is 0 Å². The lowest BCUT2D eigenvalue weighted by Gasteiger charge is -2.23. The molecular weight excluding hydrogens is 315 g/mol. The lowest BCUT2D eigenvalue weighted by molar-refractivity contribution is -0.115. The normalized spacial score (nSPS) is 12.3. The lowest BCUT2D eigenvalue weighted by atomic mass is 9.96.